The Bertz CT molecular complexity index is 309. The van der Waals surface area contributed by atoms with Crippen LogP contribution in [0.2, 0.25) is 0 Å². The Morgan fingerprint density at radius 2 is 2.00 bits per heavy atom. The molecular weight excluding hydrogens is 230 g/mol. The fourth-order valence-corrected chi connectivity index (χ4v) is 2.59. The Hall–Kier alpha value is -1.10. The number of rotatable bonds is 6. The molecule has 5 heteroatoms. The quantitative estimate of drug-likeness (QED) is 0.642. The van der Waals surface area contributed by atoms with Crippen LogP contribution >= 0.6 is 0 Å². The lowest BCUT2D eigenvalue weighted by molar-refractivity contribution is -0.138. The molecule has 0 heterocycles. The number of nitrogens with two attached hydrogens (primary N) is 1. The van der Waals surface area contributed by atoms with Crippen molar-refractivity contribution in [1.82, 2.24) is 10.6 Å². The van der Waals surface area contributed by atoms with E-state index in [-0.39, 0.29) is 23.3 Å². The average molecular weight is 255 g/mol. The molecule has 0 bridgehead atoms. The van der Waals surface area contributed by atoms with E-state index < -0.39 is 0 Å². The molecular formula is C13H25N3O2. The van der Waals surface area contributed by atoms with Gasteiger partial charge in [-0.15, -0.1) is 0 Å². The summed E-state index contributed by atoms with van der Waals surface area (Å²) < 4.78 is 0. The maximum atomic E-state index is 12.0. The van der Waals surface area contributed by atoms with Crippen LogP contribution in [0.25, 0.3) is 0 Å². The predicted octanol–water partition coefficient (Wildman–Crippen LogP) is 0.392. The van der Waals surface area contributed by atoms with E-state index in [1.165, 1.54) is 0 Å². The summed E-state index contributed by atoms with van der Waals surface area (Å²) in [5, 5.41) is 5.61. The Balaban J connectivity index is 2.27. The smallest absolute Gasteiger partial charge is 0.227 e. The van der Waals surface area contributed by atoms with Crippen molar-refractivity contribution in [2.75, 3.05) is 13.1 Å². The minimum Gasteiger partial charge on any atom is -0.355 e. The third kappa shape index (κ3) is 3.70. The summed E-state index contributed by atoms with van der Waals surface area (Å²) in [5.74, 6) is 0.540. The first-order chi connectivity index (χ1) is 8.39. The molecule has 1 fully saturated rings. The molecule has 104 valence electrons. The molecule has 0 saturated heterocycles. The minimum absolute atomic E-state index is 0.000414. The van der Waals surface area contributed by atoms with Crippen LogP contribution in [0.4, 0.5) is 0 Å². The largest absolute Gasteiger partial charge is 0.355 e. The number of hydrogen-bond acceptors (Lipinski definition) is 3. The van der Waals surface area contributed by atoms with Crippen LogP contribution < -0.4 is 16.4 Å². The Morgan fingerprint density at radius 3 is 2.44 bits per heavy atom. The van der Waals surface area contributed by atoms with Gasteiger partial charge in [-0.3, -0.25) is 9.59 Å². The van der Waals surface area contributed by atoms with E-state index in [0.29, 0.717) is 25.4 Å². The highest BCUT2D eigenvalue weighted by Crippen LogP contribution is 2.44. The molecule has 0 aromatic heterocycles. The first-order valence-electron chi connectivity index (χ1n) is 6.67. The summed E-state index contributed by atoms with van der Waals surface area (Å²) in [4.78, 5) is 23.4. The van der Waals surface area contributed by atoms with Crippen molar-refractivity contribution in [2.45, 2.75) is 46.1 Å². The summed E-state index contributed by atoms with van der Waals surface area (Å²) in [6.45, 7) is 6.72. The van der Waals surface area contributed by atoms with E-state index in [4.69, 9.17) is 5.73 Å². The van der Waals surface area contributed by atoms with Gasteiger partial charge in [-0.2, -0.15) is 0 Å². The van der Waals surface area contributed by atoms with Gasteiger partial charge < -0.3 is 16.4 Å². The molecule has 1 saturated carbocycles. The van der Waals surface area contributed by atoms with Crippen LogP contribution in [0, 0.1) is 11.3 Å². The highest BCUT2D eigenvalue weighted by molar-refractivity contribution is 5.84. The number of carbonyl (C=O) groups is 2. The monoisotopic (exact) mass is 255 g/mol. The van der Waals surface area contributed by atoms with Gasteiger partial charge in [0.25, 0.3) is 0 Å². The molecule has 2 amide bonds. The molecule has 0 aliphatic heterocycles. The van der Waals surface area contributed by atoms with Gasteiger partial charge in [-0.05, 0) is 32.6 Å². The van der Waals surface area contributed by atoms with Crippen molar-refractivity contribution in [3.63, 3.8) is 0 Å². The highest BCUT2D eigenvalue weighted by Gasteiger charge is 2.46. The standard InChI is InChI=1S/C13H25N3O2/c1-9(2)16-11(17)4-5-15-12(18)13(8-14)6-10(3)7-13/h9-10H,4-8,14H2,1-3H3,(H,15,18)(H,16,17). The maximum absolute atomic E-state index is 12.0. The summed E-state index contributed by atoms with van der Waals surface area (Å²) in [6.07, 6.45) is 2.03. The first kappa shape index (κ1) is 15.0. The highest BCUT2D eigenvalue weighted by atomic mass is 16.2. The third-order valence-electron chi connectivity index (χ3n) is 3.44. The average Bonchev–Trinajstić information content (AvgIpc) is 2.23. The molecule has 1 aliphatic carbocycles. The second-order valence-electron chi connectivity index (χ2n) is 5.73. The maximum Gasteiger partial charge on any atom is 0.227 e. The van der Waals surface area contributed by atoms with Crippen molar-refractivity contribution < 1.29 is 9.59 Å². The molecule has 0 unspecified atom stereocenters. The zero-order valence-electron chi connectivity index (χ0n) is 11.6. The fraction of sp³-hybridized carbons (Fsp3) is 0.846. The molecule has 4 N–H and O–H groups in total. The van der Waals surface area contributed by atoms with Gasteiger partial charge >= 0.3 is 0 Å². The number of carbonyl (C=O) groups excluding carboxylic acids is 2. The molecule has 0 spiro atoms. The predicted molar refractivity (Wildman–Crippen MR) is 70.8 cm³/mol. The van der Waals surface area contributed by atoms with Crippen molar-refractivity contribution in [3.8, 4) is 0 Å². The Labute approximate surface area is 109 Å². The zero-order valence-corrected chi connectivity index (χ0v) is 11.6. The fourth-order valence-electron chi connectivity index (χ4n) is 2.59. The van der Waals surface area contributed by atoms with E-state index in [1.807, 2.05) is 13.8 Å². The normalized spacial score (nSPS) is 26.6. The second-order valence-corrected chi connectivity index (χ2v) is 5.73. The van der Waals surface area contributed by atoms with Crippen molar-refractivity contribution in [3.05, 3.63) is 0 Å². The minimum atomic E-state index is -0.381. The van der Waals surface area contributed by atoms with Gasteiger partial charge in [0, 0.05) is 25.6 Å². The molecule has 18 heavy (non-hydrogen) atoms. The number of hydrogen-bond donors (Lipinski definition) is 3. The van der Waals surface area contributed by atoms with Gasteiger partial charge in [0.15, 0.2) is 0 Å². The SMILES string of the molecule is CC1CC(CN)(C(=O)NCCC(=O)NC(C)C)C1. The van der Waals surface area contributed by atoms with Crippen LogP contribution in [0.15, 0.2) is 0 Å². The molecule has 0 atom stereocenters. The van der Waals surface area contributed by atoms with Crippen LogP contribution in [0.3, 0.4) is 0 Å². The topological polar surface area (TPSA) is 84.2 Å². The zero-order chi connectivity index (χ0) is 13.8. The van der Waals surface area contributed by atoms with Crippen LogP contribution in [0.5, 0.6) is 0 Å². The lowest BCUT2D eigenvalue weighted by Crippen LogP contribution is -2.53. The summed E-state index contributed by atoms with van der Waals surface area (Å²) in [6, 6.07) is 0.135. The van der Waals surface area contributed by atoms with Crippen molar-refractivity contribution >= 4 is 11.8 Å². The first-order valence-corrected chi connectivity index (χ1v) is 6.67. The van der Waals surface area contributed by atoms with E-state index in [9.17, 15) is 9.59 Å². The van der Waals surface area contributed by atoms with Gasteiger partial charge in [0.1, 0.15) is 0 Å². The van der Waals surface area contributed by atoms with Crippen molar-refractivity contribution in [2.24, 2.45) is 17.1 Å². The lowest BCUT2D eigenvalue weighted by atomic mass is 9.62. The summed E-state index contributed by atoms with van der Waals surface area (Å²) >= 11 is 0. The molecule has 0 radical (unpaired) electrons. The van der Waals surface area contributed by atoms with E-state index in [1.54, 1.807) is 0 Å². The summed E-state index contributed by atoms with van der Waals surface area (Å²) in [7, 11) is 0. The molecule has 1 aliphatic rings. The molecule has 0 aromatic carbocycles. The lowest BCUT2D eigenvalue weighted by Gasteiger charge is -2.44. The van der Waals surface area contributed by atoms with Gasteiger partial charge in [-0.1, -0.05) is 6.92 Å². The second kappa shape index (κ2) is 6.18. The number of nitrogens with one attached hydrogen (secondary N) is 2. The Morgan fingerprint density at radius 1 is 1.39 bits per heavy atom. The van der Waals surface area contributed by atoms with E-state index in [2.05, 4.69) is 17.6 Å². The van der Waals surface area contributed by atoms with Crippen LogP contribution in [0.1, 0.15) is 40.0 Å². The Kier molecular flexibility index (Phi) is 5.14. The van der Waals surface area contributed by atoms with Crippen molar-refractivity contribution in [1.29, 1.82) is 0 Å². The van der Waals surface area contributed by atoms with Crippen LogP contribution in [-0.4, -0.2) is 30.9 Å². The van der Waals surface area contributed by atoms with E-state index >= 15 is 0 Å². The molecule has 5 nitrogen and oxygen atoms in total. The van der Waals surface area contributed by atoms with Gasteiger partial charge in [0.2, 0.25) is 11.8 Å². The molecule has 0 aromatic rings. The van der Waals surface area contributed by atoms with Gasteiger partial charge in [0.05, 0.1) is 5.41 Å². The third-order valence-corrected chi connectivity index (χ3v) is 3.44. The van der Waals surface area contributed by atoms with Gasteiger partial charge in [-0.25, -0.2) is 0 Å². The number of amides is 2. The van der Waals surface area contributed by atoms with E-state index in [0.717, 1.165) is 12.8 Å². The molecule has 1 rings (SSSR count). The van der Waals surface area contributed by atoms with Crippen LogP contribution in [-0.2, 0) is 9.59 Å². The summed E-state index contributed by atoms with van der Waals surface area (Å²) in [5.41, 5.74) is 5.31.